The Bertz CT molecular complexity index is 1010. The van der Waals surface area contributed by atoms with Gasteiger partial charge in [-0.1, -0.05) is 25.4 Å². The van der Waals surface area contributed by atoms with E-state index < -0.39 is 17.2 Å². The Kier molecular flexibility index (Phi) is 8.30. The fraction of sp³-hybridized carbons (Fsp3) is 0.500. The second kappa shape index (κ2) is 10.4. The first-order chi connectivity index (χ1) is 15.2. The molecule has 0 saturated carbocycles. The Morgan fingerprint density at radius 3 is 2.36 bits per heavy atom. The molecule has 0 aliphatic carbocycles. The first-order valence-electron chi connectivity index (χ1n) is 10.8. The molecule has 0 aliphatic heterocycles. The van der Waals surface area contributed by atoms with E-state index in [-0.39, 0.29) is 18.4 Å². The predicted octanol–water partition coefficient (Wildman–Crippen LogP) is 5.72. The second-order valence-corrected chi connectivity index (χ2v) is 10.2. The highest BCUT2D eigenvalue weighted by atomic mass is 35.5. The Morgan fingerprint density at radius 1 is 1.18 bits per heavy atom. The number of carbonyl (C=O) groups is 2. The zero-order valence-corrected chi connectivity index (χ0v) is 21.0. The highest BCUT2D eigenvalue weighted by molar-refractivity contribution is 6.32. The molecular weight excluding hydrogens is 444 g/mol. The van der Waals surface area contributed by atoms with Crippen molar-refractivity contribution in [3.63, 3.8) is 0 Å². The van der Waals surface area contributed by atoms with E-state index in [0.29, 0.717) is 28.7 Å². The van der Waals surface area contributed by atoms with Gasteiger partial charge in [-0.15, -0.1) is 0 Å². The van der Waals surface area contributed by atoms with Crippen molar-refractivity contribution in [2.75, 3.05) is 11.9 Å². The van der Waals surface area contributed by atoms with Crippen LogP contribution in [0.1, 0.15) is 54.9 Å². The van der Waals surface area contributed by atoms with E-state index in [9.17, 15) is 14.7 Å². The number of aromatic nitrogens is 2. The maximum atomic E-state index is 12.2. The van der Waals surface area contributed by atoms with Crippen molar-refractivity contribution >= 4 is 29.4 Å². The molecule has 0 bridgehead atoms. The van der Waals surface area contributed by atoms with E-state index in [2.05, 4.69) is 29.1 Å². The van der Waals surface area contributed by atoms with Gasteiger partial charge in [-0.3, -0.25) is 9.69 Å². The van der Waals surface area contributed by atoms with Crippen LogP contribution < -0.4 is 10.1 Å². The summed E-state index contributed by atoms with van der Waals surface area (Å²) in [6, 6.07) is 6.91. The molecule has 2 amide bonds. The number of nitrogens with one attached hydrogen (secondary N) is 1. The Hall–Kier alpha value is -2.87. The van der Waals surface area contributed by atoms with Gasteiger partial charge < -0.3 is 15.2 Å². The zero-order chi connectivity index (χ0) is 25.0. The molecule has 33 heavy (non-hydrogen) atoms. The van der Waals surface area contributed by atoms with E-state index >= 15 is 0 Å². The predicted molar refractivity (Wildman–Crippen MR) is 130 cm³/mol. The Morgan fingerprint density at radius 2 is 1.85 bits per heavy atom. The summed E-state index contributed by atoms with van der Waals surface area (Å²) in [6.07, 6.45) is 0.997. The third-order valence-electron chi connectivity index (χ3n) is 4.99. The number of hydrogen-bond donors (Lipinski definition) is 2. The molecular formula is C24H33ClN4O4. The molecule has 2 aromatic rings. The van der Waals surface area contributed by atoms with Gasteiger partial charge in [0.05, 0.1) is 16.3 Å². The number of anilines is 1. The van der Waals surface area contributed by atoms with Crippen molar-refractivity contribution in [3.05, 3.63) is 35.6 Å². The molecule has 0 fully saturated rings. The summed E-state index contributed by atoms with van der Waals surface area (Å²) in [5.41, 5.74) is -0.0459. The zero-order valence-electron chi connectivity index (χ0n) is 20.3. The van der Waals surface area contributed by atoms with Gasteiger partial charge in [0.1, 0.15) is 24.5 Å². The normalized spacial score (nSPS) is 13.4. The SMILES string of the molecule is CC(=O)Nc1cc(-c2ccc(OCC(C)(CC(C)C)N(C(=O)O)C(C)(C)C)c(Cl)c2)ncn1. The van der Waals surface area contributed by atoms with Crippen molar-refractivity contribution in [1.29, 1.82) is 0 Å². The van der Waals surface area contributed by atoms with Crippen molar-refractivity contribution in [1.82, 2.24) is 14.9 Å². The number of nitrogens with zero attached hydrogens (tertiary/aromatic N) is 3. The second-order valence-electron chi connectivity index (χ2n) is 9.79. The first-order valence-corrected chi connectivity index (χ1v) is 11.2. The third-order valence-corrected chi connectivity index (χ3v) is 5.28. The van der Waals surface area contributed by atoms with Crippen LogP contribution in [0.2, 0.25) is 5.02 Å². The van der Waals surface area contributed by atoms with Crippen LogP contribution in [-0.4, -0.2) is 49.7 Å². The molecule has 180 valence electrons. The lowest BCUT2D eigenvalue weighted by atomic mass is 9.86. The van der Waals surface area contributed by atoms with Gasteiger partial charge >= 0.3 is 6.09 Å². The molecule has 0 spiro atoms. The smallest absolute Gasteiger partial charge is 0.408 e. The average molecular weight is 477 g/mol. The van der Waals surface area contributed by atoms with Crippen molar-refractivity contribution in [3.8, 4) is 17.0 Å². The first kappa shape index (κ1) is 26.4. The molecule has 1 unspecified atom stereocenters. The largest absolute Gasteiger partial charge is 0.490 e. The van der Waals surface area contributed by atoms with Crippen LogP contribution in [0.25, 0.3) is 11.3 Å². The molecule has 1 heterocycles. The van der Waals surface area contributed by atoms with E-state index in [1.807, 2.05) is 27.7 Å². The minimum atomic E-state index is -0.991. The van der Waals surface area contributed by atoms with Crippen molar-refractivity contribution in [2.24, 2.45) is 5.92 Å². The monoisotopic (exact) mass is 476 g/mol. The standard InChI is InChI=1S/C24H33ClN4O4/c1-15(2)12-24(7,29(22(31)32)23(4,5)6)13-33-20-9-8-17(10-18(20)25)19-11-21(27-14-26-19)28-16(3)30/h8-11,14-15H,12-13H2,1-7H3,(H,31,32)(H,26,27,28,30). The van der Waals surface area contributed by atoms with Gasteiger partial charge in [0.2, 0.25) is 5.91 Å². The number of carbonyl (C=O) groups excluding carboxylic acids is 1. The molecule has 2 rings (SSSR count). The molecule has 0 aliphatic rings. The van der Waals surface area contributed by atoms with Gasteiger partial charge in [0.15, 0.2) is 0 Å². The Balaban J connectivity index is 2.29. The quantitative estimate of drug-likeness (QED) is 0.505. The molecule has 1 aromatic heterocycles. The fourth-order valence-corrected chi connectivity index (χ4v) is 4.43. The topological polar surface area (TPSA) is 105 Å². The lowest BCUT2D eigenvalue weighted by Gasteiger charge is -2.47. The van der Waals surface area contributed by atoms with Gasteiger partial charge in [-0.25, -0.2) is 14.8 Å². The number of halogens is 1. The minimum absolute atomic E-state index is 0.147. The summed E-state index contributed by atoms with van der Waals surface area (Å²) in [4.78, 5) is 33.2. The number of rotatable bonds is 8. The lowest BCUT2D eigenvalue weighted by molar-refractivity contribution is -0.114. The summed E-state index contributed by atoms with van der Waals surface area (Å²) >= 11 is 6.50. The number of ether oxygens (including phenoxy) is 1. The van der Waals surface area contributed by atoms with E-state index in [1.54, 1.807) is 24.3 Å². The summed E-state index contributed by atoms with van der Waals surface area (Å²) in [5.74, 6) is 0.878. The number of hydrogen-bond acceptors (Lipinski definition) is 5. The molecule has 0 radical (unpaired) electrons. The maximum absolute atomic E-state index is 12.2. The molecule has 0 saturated heterocycles. The van der Waals surface area contributed by atoms with Gasteiger partial charge in [0, 0.05) is 24.1 Å². The summed E-state index contributed by atoms with van der Waals surface area (Å²) in [6.45, 7) is 13.2. The molecule has 2 N–H and O–H groups in total. The van der Waals surface area contributed by atoms with Crippen LogP contribution in [0.3, 0.4) is 0 Å². The van der Waals surface area contributed by atoms with Gasteiger partial charge in [-0.05, 0) is 58.2 Å². The van der Waals surface area contributed by atoms with Gasteiger partial charge in [-0.2, -0.15) is 0 Å². The molecule has 1 aromatic carbocycles. The fourth-order valence-electron chi connectivity index (χ4n) is 4.20. The number of benzene rings is 1. The highest BCUT2D eigenvalue weighted by Gasteiger charge is 2.43. The Labute approximate surface area is 200 Å². The lowest BCUT2D eigenvalue weighted by Crippen LogP contribution is -2.61. The number of carboxylic acid groups (broad SMARTS) is 1. The minimum Gasteiger partial charge on any atom is -0.490 e. The van der Waals surface area contributed by atoms with E-state index in [0.717, 1.165) is 5.56 Å². The van der Waals surface area contributed by atoms with E-state index in [4.69, 9.17) is 16.3 Å². The third kappa shape index (κ3) is 7.05. The van der Waals surface area contributed by atoms with Crippen LogP contribution in [0.5, 0.6) is 5.75 Å². The van der Waals surface area contributed by atoms with Crippen LogP contribution in [0.15, 0.2) is 30.6 Å². The average Bonchev–Trinajstić information content (AvgIpc) is 2.64. The van der Waals surface area contributed by atoms with Gasteiger partial charge in [0.25, 0.3) is 0 Å². The maximum Gasteiger partial charge on any atom is 0.408 e. The highest BCUT2D eigenvalue weighted by Crippen LogP contribution is 2.35. The summed E-state index contributed by atoms with van der Waals surface area (Å²) in [7, 11) is 0. The van der Waals surface area contributed by atoms with Crippen LogP contribution in [-0.2, 0) is 4.79 Å². The number of amides is 2. The van der Waals surface area contributed by atoms with Crippen molar-refractivity contribution in [2.45, 2.75) is 66.0 Å². The molecule has 8 nitrogen and oxygen atoms in total. The summed E-state index contributed by atoms with van der Waals surface area (Å²) < 4.78 is 6.07. The van der Waals surface area contributed by atoms with Crippen LogP contribution in [0, 0.1) is 5.92 Å². The summed E-state index contributed by atoms with van der Waals surface area (Å²) in [5, 5.41) is 13.0. The molecule has 1 atom stereocenters. The van der Waals surface area contributed by atoms with E-state index in [1.165, 1.54) is 18.2 Å². The van der Waals surface area contributed by atoms with Crippen LogP contribution in [0.4, 0.5) is 10.6 Å². The van der Waals surface area contributed by atoms with Crippen molar-refractivity contribution < 1.29 is 19.4 Å². The molecule has 9 heteroatoms. The van der Waals surface area contributed by atoms with Crippen LogP contribution >= 0.6 is 11.6 Å².